The highest BCUT2D eigenvalue weighted by atomic mass is 19.4. The van der Waals surface area contributed by atoms with Gasteiger partial charge in [-0.1, -0.05) is 54.6 Å². The van der Waals surface area contributed by atoms with Gasteiger partial charge in [0.25, 0.3) is 0 Å². The molecule has 0 unspecified atom stereocenters. The number of nitriles is 6. The summed E-state index contributed by atoms with van der Waals surface area (Å²) in [5.74, 6) is 0. The lowest BCUT2D eigenvalue weighted by atomic mass is 9.92. The molecule has 0 atom stereocenters. The molecule has 2 heterocycles. The standard InChI is InChI=1S/C55H25F3N8/c56-55(57,58)47-9-5-6-38(30-63)54(47)41-24-52(65-48-10-3-1-7-42(48)44-22-36(12-14-50(44)65)39-18-32(26-59)16-33(19-39)27-60)46(31-64)53(25-41)66-49-11-4-2-8-43(49)45-23-37(13-15-51(45)66)40-20-34(28-61)17-35(21-40)29-62/h1-25H. The zero-order chi connectivity index (χ0) is 45.9. The molecule has 0 aliphatic heterocycles. The van der Waals surface area contributed by atoms with Gasteiger partial charge in [-0.25, -0.2) is 0 Å². The number of fused-ring (bicyclic) bond motifs is 6. The summed E-state index contributed by atoms with van der Waals surface area (Å²) < 4.78 is 48.9. The van der Waals surface area contributed by atoms with E-state index in [1.54, 1.807) is 24.3 Å². The first-order chi connectivity index (χ1) is 32.1. The molecule has 0 aliphatic rings. The van der Waals surface area contributed by atoms with E-state index >= 15 is 13.2 Å². The molecular formula is C55H25F3N8. The van der Waals surface area contributed by atoms with Crippen LogP contribution in [0.2, 0.25) is 0 Å². The highest BCUT2D eigenvalue weighted by Gasteiger charge is 2.35. The lowest BCUT2D eigenvalue weighted by Gasteiger charge is -2.20. The predicted molar refractivity (Wildman–Crippen MR) is 245 cm³/mol. The van der Waals surface area contributed by atoms with E-state index in [-0.39, 0.29) is 33.6 Å². The molecule has 8 nitrogen and oxygen atoms in total. The molecule has 0 saturated carbocycles. The van der Waals surface area contributed by atoms with E-state index in [2.05, 4.69) is 30.3 Å². The Labute approximate surface area is 374 Å². The van der Waals surface area contributed by atoms with Gasteiger partial charge in [-0.2, -0.15) is 44.7 Å². The van der Waals surface area contributed by atoms with Crippen molar-refractivity contribution in [3.8, 4) is 81.2 Å². The Morgan fingerprint density at radius 2 is 0.803 bits per heavy atom. The van der Waals surface area contributed by atoms with Gasteiger partial charge in [0.1, 0.15) is 11.6 Å². The number of alkyl halides is 3. The average molecular weight is 855 g/mol. The van der Waals surface area contributed by atoms with Crippen LogP contribution in [0.4, 0.5) is 13.2 Å². The van der Waals surface area contributed by atoms with Crippen molar-refractivity contribution in [3.63, 3.8) is 0 Å². The quantitative estimate of drug-likeness (QED) is 0.168. The third kappa shape index (κ3) is 6.42. The molecule has 0 spiro atoms. The summed E-state index contributed by atoms with van der Waals surface area (Å²) in [5, 5.41) is 63.7. The zero-order valence-corrected chi connectivity index (χ0v) is 34.1. The molecule has 0 aliphatic carbocycles. The largest absolute Gasteiger partial charge is 0.417 e. The van der Waals surface area contributed by atoms with Gasteiger partial charge in [-0.3, -0.25) is 0 Å². The molecule has 0 N–H and O–H groups in total. The Morgan fingerprint density at radius 1 is 0.364 bits per heavy atom. The molecule has 11 heteroatoms. The van der Waals surface area contributed by atoms with E-state index in [9.17, 15) is 31.6 Å². The number of nitrogens with zero attached hydrogens (tertiary/aromatic N) is 8. The zero-order valence-electron chi connectivity index (χ0n) is 34.1. The second kappa shape index (κ2) is 15.5. The second-order valence-corrected chi connectivity index (χ2v) is 15.6. The monoisotopic (exact) mass is 854 g/mol. The minimum atomic E-state index is -4.86. The highest BCUT2D eigenvalue weighted by molar-refractivity contribution is 6.12. The first-order valence-electron chi connectivity index (χ1n) is 20.2. The first kappa shape index (κ1) is 40.2. The van der Waals surface area contributed by atoms with Crippen LogP contribution in [0, 0.1) is 68.0 Å². The van der Waals surface area contributed by atoms with Crippen molar-refractivity contribution in [2.24, 2.45) is 0 Å². The minimum absolute atomic E-state index is 0.0447. The lowest BCUT2D eigenvalue weighted by molar-refractivity contribution is -0.137. The summed E-state index contributed by atoms with van der Waals surface area (Å²) in [6, 6.07) is 55.3. The fourth-order valence-electron chi connectivity index (χ4n) is 9.09. The van der Waals surface area contributed by atoms with E-state index in [0.29, 0.717) is 66.6 Å². The van der Waals surface area contributed by atoms with Gasteiger partial charge in [0.15, 0.2) is 0 Å². The van der Waals surface area contributed by atoms with Crippen molar-refractivity contribution in [3.05, 3.63) is 191 Å². The van der Waals surface area contributed by atoms with E-state index in [1.165, 1.54) is 36.4 Å². The number of hydrogen-bond donors (Lipinski definition) is 0. The van der Waals surface area contributed by atoms with Crippen LogP contribution in [0.3, 0.4) is 0 Å². The van der Waals surface area contributed by atoms with Gasteiger partial charge in [-0.15, -0.1) is 0 Å². The van der Waals surface area contributed by atoms with Gasteiger partial charge in [0.05, 0.1) is 97.2 Å². The van der Waals surface area contributed by atoms with E-state index < -0.39 is 11.7 Å². The van der Waals surface area contributed by atoms with Crippen LogP contribution < -0.4 is 0 Å². The third-order valence-electron chi connectivity index (χ3n) is 11.9. The minimum Gasteiger partial charge on any atom is -0.308 e. The lowest BCUT2D eigenvalue weighted by Crippen LogP contribution is -2.10. The number of aromatic nitrogens is 2. The van der Waals surface area contributed by atoms with Crippen molar-refractivity contribution < 1.29 is 13.2 Å². The van der Waals surface area contributed by atoms with Crippen LogP contribution in [0.25, 0.3) is 88.4 Å². The van der Waals surface area contributed by atoms with Gasteiger partial charge in [-0.05, 0) is 125 Å². The van der Waals surface area contributed by atoms with Crippen LogP contribution in [0.1, 0.15) is 38.9 Å². The molecule has 306 valence electrons. The Kier molecular flexibility index (Phi) is 9.41. The fourth-order valence-corrected chi connectivity index (χ4v) is 9.09. The van der Waals surface area contributed by atoms with Crippen LogP contribution in [0.15, 0.2) is 152 Å². The third-order valence-corrected chi connectivity index (χ3v) is 11.9. The Bertz CT molecular complexity index is 3740. The molecular weight excluding hydrogens is 830 g/mol. The van der Waals surface area contributed by atoms with E-state index in [4.69, 9.17) is 0 Å². The molecule has 66 heavy (non-hydrogen) atoms. The maximum Gasteiger partial charge on any atom is 0.417 e. The van der Waals surface area contributed by atoms with Gasteiger partial charge >= 0.3 is 6.18 Å². The van der Waals surface area contributed by atoms with Crippen LogP contribution in [0.5, 0.6) is 0 Å². The summed E-state index contributed by atoms with van der Waals surface area (Å²) >= 11 is 0. The molecule has 0 radical (unpaired) electrons. The van der Waals surface area contributed by atoms with E-state index in [1.807, 2.05) is 100 Å². The molecule has 10 rings (SSSR count). The van der Waals surface area contributed by atoms with Crippen LogP contribution in [-0.4, -0.2) is 9.13 Å². The molecule has 2 aromatic heterocycles. The first-order valence-corrected chi connectivity index (χ1v) is 20.2. The molecule has 0 fully saturated rings. The summed E-state index contributed by atoms with van der Waals surface area (Å²) in [5.41, 5.74) is 5.55. The molecule has 8 aromatic carbocycles. The number of hydrogen-bond acceptors (Lipinski definition) is 6. The second-order valence-electron chi connectivity index (χ2n) is 15.6. The molecule has 10 aromatic rings. The van der Waals surface area contributed by atoms with Crippen molar-refractivity contribution in [1.82, 2.24) is 9.13 Å². The van der Waals surface area contributed by atoms with Crippen LogP contribution >= 0.6 is 0 Å². The summed E-state index contributed by atoms with van der Waals surface area (Å²) in [4.78, 5) is 0. The SMILES string of the molecule is N#Cc1cc(C#N)cc(-c2ccc3c(c2)c2ccccc2n3-c2cc(-c3c(C#N)cccc3C(F)(F)F)cc(-n3c4ccccc4c4cc(-c5cc(C#N)cc(C#N)c5)ccc43)c2C#N)c1. The molecule has 0 amide bonds. The smallest absolute Gasteiger partial charge is 0.308 e. The summed E-state index contributed by atoms with van der Waals surface area (Å²) in [6.45, 7) is 0. The topological polar surface area (TPSA) is 153 Å². The van der Waals surface area contributed by atoms with Gasteiger partial charge in [0.2, 0.25) is 0 Å². The Balaban J connectivity index is 1.32. The highest BCUT2D eigenvalue weighted by Crippen LogP contribution is 2.45. The average Bonchev–Trinajstić information content (AvgIpc) is 3.87. The van der Waals surface area contributed by atoms with Crippen LogP contribution in [-0.2, 0) is 6.18 Å². The summed E-state index contributed by atoms with van der Waals surface area (Å²) in [7, 11) is 0. The maximum atomic E-state index is 15.1. The van der Waals surface area contributed by atoms with Crippen molar-refractivity contribution in [2.45, 2.75) is 6.18 Å². The summed E-state index contributed by atoms with van der Waals surface area (Å²) in [6.07, 6.45) is -4.86. The Hall–Kier alpha value is -9.91. The van der Waals surface area contributed by atoms with E-state index in [0.717, 1.165) is 27.6 Å². The predicted octanol–water partition coefficient (Wildman–Crippen LogP) is 13.1. The maximum absolute atomic E-state index is 15.1. The van der Waals surface area contributed by atoms with Gasteiger partial charge in [0, 0.05) is 27.1 Å². The number of halogens is 3. The van der Waals surface area contributed by atoms with Gasteiger partial charge < -0.3 is 9.13 Å². The molecule has 0 bridgehead atoms. The number of benzene rings is 8. The van der Waals surface area contributed by atoms with Crippen molar-refractivity contribution >= 4 is 43.6 Å². The van der Waals surface area contributed by atoms with Crippen molar-refractivity contribution in [2.75, 3.05) is 0 Å². The molecule has 0 saturated heterocycles. The fraction of sp³-hybridized carbons (Fsp3) is 0.0182. The normalized spacial score (nSPS) is 11.2. The van der Waals surface area contributed by atoms with Crippen molar-refractivity contribution in [1.29, 1.82) is 31.6 Å². The Morgan fingerprint density at radius 3 is 1.21 bits per heavy atom. The number of rotatable bonds is 5. The number of para-hydroxylation sites is 2.